The lowest BCUT2D eigenvalue weighted by Gasteiger charge is -2.32. The van der Waals surface area contributed by atoms with Gasteiger partial charge in [-0.1, -0.05) is 6.07 Å². The molecular weight excluding hydrogens is 238 g/mol. The lowest BCUT2D eigenvalue weighted by atomic mass is 10.2. The number of ether oxygens (including phenoxy) is 1. The molecule has 0 spiro atoms. The zero-order valence-corrected chi connectivity index (χ0v) is 12.2. The zero-order chi connectivity index (χ0) is 13.8. The van der Waals surface area contributed by atoms with E-state index in [4.69, 9.17) is 10.5 Å². The summed E-state index contributed by atoms with van der Waals surface area (Å²) in [5, 5.41) is 0. The molecule has 106 valence electrons. The summed E-state index contributed by atoms with van der Waals surface area (Å²) in [7, 11) is 3.89. The van der Waals surface area contributed by atoms with E-state index in [9.17, 15) is 0 Å². The van der Waals surface area contributed by atoms with E-state index < -0.39 is 0 Å². The summed E-state index contributed by atoms with van der Waals surface area (Å²) in [6.45, 7) is 5.01. The number of likely N-dealkylation sites (N-methyl/N-ethyl adjacent to an activating group) is 1. The Kier molecular flexibility index (Phi) is 4.66. The van der Waals surface area contributed by atoms with Crippen molar-refractivity contribution < 1.29 is 4.74 Å². The third kappa shape index (κ3) is 3.19. The van der Waals surface area contributed by atoms with Crippen molar-refractivity contribution in [3.63, 3.8) is 0 Å². The zero-order valence-electron chi connectivity index (χ0n) is 12.2. The molecule has 0 radical (unpaired) electrons. The second kappa shape index (κ2) is 6.26. The summed E-state index contributed by atoms with van der Waals surface area (Å²) in [4.78, 5) is 4.82. The van der Waals surface area contributed by atoms with Crippen molar-refractivity contribution in [1.82, 2.24) is 4.90 Å². The minimum atomic E-state index is 0.363. The number of hydrogen-bond donors (Lipinski definition) is 1. The molecule has 0 bridgehead atoms. The Labute approximate surface area is 116 Å². The Balaban J connectivity index is 2.24. The van der Waals surface area contributed by atoms with Crippen molar-refractivity contribution in [2.45, 2.75) is 25.4 Å². The van der Waals surface area contributed by atoms with Gasteiger partial charge < -0.3 is 20.3 Å². The Morgan fingerprint density at radius 3 is 2.89 bits per heavy atom. The van der Waals surface area contributed by atoms with Crippen LogP contribution in [0.4, 0.5) is 5.69 Å². The first kappa shape index (κ1) is 14.2. The fourth-order valence-corrected chi connectivity index (χ4v) is 2.67. The SMILES string of the molecule is COc1cccc(N2CCC(C)N(C)CC2CN)c1. The summed E-state index contributed by atoms with van der Waals surface area (Å²) < 4.78 is 5.32. The molecule has 2 rings (SSSR count). The van der Waals surface area contributed by atoms with Gasteiger partial charge in [-0.25, -0.2) is 0 Å². The van der Waals surface area contributed by atoms with Crippen LogP contribution < -0.4 is 15.4 Å². The van der Waals surface area contributed by atoms with Gasteiger partial charge in [0.15, 0.2) is 0 Å². The van der Waals surface area contributed by atoms with Crippen molar-refractivity contribution >= 4 is 5.69 Å². The molecular formula is C15H25N3O. The molecule has 2 atom stereocenters. The van der Waals surface area contributed by atoms with Crippen LogP contribution in [0.25, 0.3) is 0 Å². The Morgan fingerprint density at radius 1 is 1.42 bits per heavy atom. The van der Waals surface area contributed by atoms with Gasteiger partial charge in [0.2, 0.25) is 0 Å². The molecule has 1 aliphatic rings. The largest absolute Gasteiger partial charge is 0.497 e. The third-order valence-electron chi connectivity index (χ3n) is 4.14. The topological polar surface area (TPSA) is 41.7 Å². The molecule has 2 N–H and O–H groups in total. The van der Waals surface area contributed by atoms with Gasteiger partial charge in [-0.05, 0) is 32.5 Å². The van der Waals surface area contributed by atoms with Gasteiger partial charge in [0.05, 0.1) is 13.2 Å². The first-order chi connectivity index (χ1) is 9.15. The molecule has 1 aromatic carbocycles. The van der Waals surface area contributed by atoms with Gasteiger partial charge in [-0.3, -0.25) is 0 Å². The van der Waals surface area contributed by atoms with Gasteiger partial charge in [-0.2, -0.15) is 0 Å². The van der Waals surface area contributed by atoms with Crippen LogP contribution in [0.2, 0.25) is 0 Å². The van der Waals surface area contributed by atoms with Gasteiger partial charge >= 0.3 is 0 Å². The highest BCUT2D eigenvalue weighted by molar-refractivity contribution is 5.52. The van der Waals surface area contributed by atoms with Crippen LogP contribution >= 0.6 is 0 Å². The molecule has 4 heteroatoms. The lowest BCUT2D eigenvalue weighted by molar-refractivity contribution is 0.256. The number of methoxy groups -OCH3 is 1. The van der Waals surface area contributed by atoms with E-state index in [2.05, 4.69) is 35.9 Å². The normalized spacial score (nSPS) is 25.2. The summed E-state index contributed by atoms with van der Waals surface area (Å²) in [6, 6.07) is 9.22. The maximum atomic E-state index is 5.98. The predicted octanol–water partition coefficient (Wildman–Crippen LogP) is 1.55. The number of anilines is 1. The van der Waals surface area contributed by atoms with Crippen LogP contribution in [0.5, 0.6) is 5.75 Å². The molecule has 0 aliphatic carbocycles. The summed E-state index contributed by atoms with van der Waals surface area (Å²) in [5.41, 5.74) is 7.18. The molecule has 4 nitrogen and oxygen atoms in total. The molecule has 19 heavy (non-hydrogen) atoms. The Hall–Kier alpha value is -1.26. The van der Waals surface area contributed by atoms with Crippen molar-refractivity contribution in [3.05, 3.63) is 24.3 Å². The molecule has 1 heterocycles. The fourth-order valence-electron chi connectivity index (χ4n) is 2.67. The highest BCUT2D eigenvalue weighted by atomic mass is 16.5. The molecule has 0 amide bonds. The molecule has 1 saturated heterocycles. The minimum absolute atomic E-state index is 0.363. The maximum absolute atomic E-state index is 5.98. The quantitative estimate of drug-likeness (QED) is 0.898. The van der Waals surface area contributed by atoms with Crippen LogP contribution in [-0.4, -0.2) is 50.8 Å². The number of hydrogen-bond acceptors (Lipinski definition) is 4. The predicted molar refractivity (Wildman–Crippen MR) is 79.9 cm³/mol. The number of benzene rings is 1. The van der Waals surface area contributed by atoms with E-state index in [0.29, 0.717) is 18.6 Å². The second-order valence-electron chi connectivity index (χ2n) is 5.36. The van der Waals surface area contributed by atoms with E-state index in [1.54, 1.807) is 7.11 Å². The van der Waals surface area contributed by atoms with Crippen LogP contribution in [0.3, 0.4) is 0 Å². The van der Waals surface area contributed by atoms with Gasteiger partial charge in [0.25, 0.3) is 0 Å². The van der Waals surface area contributed by atoms with E-state index in [1.807, 2.05) is 12.1 Å². The first-order valence-electron chi connectivity index (χ1n) is 6.96. The highest BCUT2D eigenvalue weighted by Crippen LogP contribution is 2.25. The van der Waals surface area contributed by atoms with Crippen LogP contribution in [0.15, 0.2) is 24.3 Å². The van der Waals surface area contributed by atoms with E-state index in [-0.39, 0.29) is 0 Å². The van der Waals surface area contributed by atoms with Crippen LogP contribution in [-0.2, 0) is 0 Å². The standard InChI is InChI=1S/C15H25N3O/c1-12-7-8-18(14(10-16)11-17(12)2)13-5-4-6-15(9-13)19-3/h4-6,9,12,14H,7-8,10-11,16H2,1-3H3. The molecule has 0 aromatic heterocycles. The summed E-state index contributed by atoms with van der Waals surface area (Å²) in [5.74, 6) is 0.902. The third-order valence-corrected chi connectivity index (χ3v) is 4.14. The summed E-state index contributed by atoms with van der Waals surface area (Å²) in [6.07, 6.45) is 1.16. The van der Waals surface area contributed by atoms with Gasteiger partial charge in [0, 0.05) is 37.4 Å². The van der Waals surface area contributed by atoms with Crippen molar-refractivity contribution in [2.75, 3.05) is 38.7 Å². The minimum Gasteiger partial charge on any atom is -0.497 e. The van der Waals surface area contributed by atoms with Crippen LogP contribution in [0, 0.1) is 0 Å². The average Bonchev–Trinajstić information content (AvgIpc) is 2.59. The monoisotopic (exact) mass is 263 g/mol. The second-order valence-corrected chi connectivity index (χ2v) is 5.36. The molecule has 0 saturated carbocycles. The number of rotatable bonds is 3. The van der Waals surface area contributed by atoms with Crippen LogP contribution in [0.1, 0.15) is 13.3 Å². The first-order valence-corrected chi connectivity index (χ1v) is 6.96. The van der Waals surface area contributed by atoms with E-state index in [1.165, 1.54) is 5.69 Å². The molecule has 1 aliphatic heterocycles. The van der Waals surface area contributed by atoms with Crippen molar-refractivity contribution in [1.29, 1.82) is 0 Å². The molecule has 1 aromatic rings. The number of nitrogens with zero attached hydrogens (tertiary/aromatic N) is 2. The van der Waals surface area contributed by atoms with E-state index in [0.717, 1.165) is 25.3 Å². The smallest absolute Gasteiger partial charge is 0.120 e. The lowest BCUT2D eigenvalue weighted by Crippen LogP contribution is -2.45. The average molecular weight is 263 g/mol. The van der Waals surface area contributed by atoms with Gasteiger partial charge in [0.1, 0.15) is 5.75 Å². The molecule has 2 unspecified atom stereocenters. The van der Waals surface area contributed by atoms with E-state index >= 15 is 0 Å². The fraction of sp³-hybridized carbons (Fsp3) is 0.600. The van der Waals surface area contributed by atoms with Crippen molar-refractivity contribution in [3.8, 4) is 5.75 Å². The summed E-state index contributed by atoms with van der Waals surface area (Å²) >= 11 is 0. The maximum Gasteiger partial charge on any atom is 0.120 e. The number of nitrogens with two attached hydrogens (primary N) is 1. The highest BCUT2D eigenvalue weighted by Gasteiger charge is 2.26. The molecule has 1 fully saturated rings. The Morgan fingerprint density at radius 2 is 2.21 bits per heavy atom. The Bertz CT molecular complexity index is 410. The van der Waals surface area contributed by atoms with Crippen molar-refractivity contribution in [2.24, 2.45) is 5.73 Å². The van der Waals surface area contributed by atoms with Gasteiger partial charge in [-0.15, -0.1) is 0 Å².